The largest absolute Gasteiger partial charge is 0.413 e. The van der Waals surface area contributed by atoms with E-state index >= 15 is 0 Å². The lowest BCUT2D eigenvalue weighted by Crippen LogP contribution is -2.22. The molecule has 0 aliphatic heterocycles. The molecular formula is C5H8NO3S. The first-order valence-corrected chi connectivity index (χ1v) is 3.69. The summed E-state index contributed by atoms with van der Waals surface area (Å²) in [7, 11) is 0. The van der Waals surface area contributed by atoms with Crippen molar-refractivity contribution in [2.75, 3.05) is 12.3 Å². The number of nitrogens with one attached hydrogen (secondary N) is 1. The van der Waals surface area contributed by atoms with Gasteiger partial charge >= 0.3 is 5.30 Å². The fourth-order valence-electron chi connectivity index (χ4n) is 0.361. The van der Waals surface area contributed by atoms with Gasteiger partial charge in [-0.15, -0.1) is 0 Å². The van der Waals surface area contributed by atoms with Gasteiger partial charge in [0, 0.05) is 19.2 Å². The van der Waals surface area contributed by atoms with Crippen LogP contribution in [0.1, 0.15) is 6.92 Å². The molecule has 0 aliphatic carbocycles. The molecule has 1 N–H and O–H groups in total. The fourth-order valence-corrected chi connectivity index (χ4v) is 0.732. The molecule has 0 atom stereocenters. The van der Waals surface area contributed by atoms with Crippen molar-refractivity contribution in [3.63, 3.8) is 0 Å². The third-order valence-electron chi connectivity index (χ3n) is 0.696. The molecule has 0 aromatic rings. The van der Waals surface area contributed by atoms with Gasteiger partial charge in [0.1, 0.15) is 0 Å². The minimum absolute atomic E-state index is 0.154. The Kier molecular flexibility index (Phi) is 4.74. The highest BCUT2D eigenvalue weighted by Crippen LogP contribution is 1.98. The van der Waals surface area contributed by atoms with Crippen LogP contribution in [0.15, 0.2) is 0 Å². The van der Waals surface area contributed by atoms with Gasteiger partial charge in [0.15, 0.2) is 0 Å². The molecule has 0 spiro atoms. The Morgan fingerprint density at radius 2 is 2.10 bits per heavy atom. The first-order chi connectivity index (χ1) is 4.63. The Morgan fingerprint density at radius 3 is 2.50 bits per heavy atom. The summed E-state index contributed by atoms with van der Waals surface area (Å²) in [5, 5.41) is 11.1. The highest BCUT2D eigenvalue weighted by Gasteiger charge is 1.98. The molecule has 0 bridgehead atoms. The molecule has 0 saturated heterocycles. The maximum absolute atomic E-state index is 10.2. The topological polar surface area (TPSA) is 66.1 Å². The number of hydrogen-bond acceptors (Lipinski definition) is 3. The average Bonchev–Trinajstić information content (AvgIpc) is 1.79. The quantitative estimate of drug-likeness (QED) is 0.611. The van der Waals surface area contributed by atoms with Gasteiger partial charge in [-0.2, -0.15) is 0 Å². The second-order valence-corrected chi connectivity index (χ2v) is 2.61. The van der Waals surface area contributed by atoms with Crippen LogP contribution >= 0.6 is 11.8 Å². The molecule has 0 rings (SSSR count). The van der Waals surface area contributed by atoms with Crippen LogP contribution in [0.4, 0.5) is 4.79 Å². The van der Waals surface area contributed by atoms with Crippen LogP contribution in [0.3, 0.4) is 0 Å². The van der Waals surface area contributed by atoms with Gasteiger partial charge in [0.05, 0.1) is 0 Å². The molecular weight excluding hydrogens is 154 g/mol. The highest BCUT2D eigenvalue weighted by atomic mass is 32.2. The van der Waals surface area contributed by atoms with E-state index in [4.69, 9.17) is 0 Å². The molecule has 0 fully saturated rings. The number of amides is 1. The number of carbonyl (C=O) groups excluding carboxylic acids is 2. The lowest BCUT2D eigenvalue weighted by atomic mass is 10.6. The second kappa shape index (κ2) is 5.10. The molecule has 4 nitrogen and oxygen atoms in total. The molecule has 1 radical (unpaired) electrons. The zero-order valence-electron chi connectivity index (χ0n) is 5.55. The van der Waals surface area contributed by atoms with Gasteiger partial charge in [-0.05, 0) is 11.8 Å². The highest BCUT2D eigenvalue weighted by molar-refractivity contribution is 8.13. The van der Waals surface area contributed by atoms with Crippen LogP contribution in [-0.2, 0) is 9.90 Å². The van der Waals surface area contributed by atoms with Crippen molar-refractivity contribution in [2.24, 2.45) is 0 Å². The zero-order chi connectivity index (χ0) is 7.98. The summed E-state index contributed by atoms with van der Waals surface area (Å²) in [5.41, 5.74) is 0. The van der Waals surface area contributed by atoms with E-state index in [9.17, 15) is 14.7 Å². The van der Waals surface area contributed by atoms with Gasteiger partial charge in [-0.3, -0.25) is 4.79 Å². The van der Waals surface area contributed by atoms with Crippen molar-refractivity contribution >= 4 is 23.0 Å². The summed E-state index contributed by atoms with van der Waals surface area (Å²) in [6.07, 6.45) is 0. The monoisotopic (exact) mass is 162 g/mol. The normalized spacial score (nSPS) is 8.90. The minimum atomic E-state index is -1.16. The Balaban J connectivity index is 3.06. The summed E-state index contributed by atoms with van der Waals surface area (Å²) in [4.78, 5) is 20.0. The number of thioether (sulfide) groups is 1. The number of carbonyl (C=O) groups is 2. The van der Waals surface area contributed by atoms with Crippen LogP contribution in [0.5, 0.6) is 0 Å². The smallest absolute Gasteiger partial charge is 0.356 e. The van der Waals surface area contributed by atoms with Crippen LogP contribution < -0.4 is 5.32 Å². The van der Waals surface area contributed by atoms with Gasteiger partial charge in [0.25, 0.3) is 0 Å². The molecule has 0 aliphatic rings. The molecule has 10 heavy (non-hydrogen) atoms. The van der Waals surface area contributed by atoms with Crippen molar-refractivity contribution in [1.82, 2.24) is 5.32 Å². The van der Waals surface area contributed by atoms with E-state index in [-0.39, 0.29) is 5.91 Å². The molecule has 0 unspecified atom stereocenters. The van der Waals surface area contributed by atoms with E-state index in [0.717, 1.165) is 0 Å². The Morgan fingerprint density at radius 1 is 1.50 bits per heavy atom. The number of hydrogen-bond donors (Lipinski definition) is 1. The van der Waals surface area contributed by atoms with Crippen LogP contribution in [-0.4, -0.2) is 23.5 Å². The van der Waals surface area contributed by atoms with Crippen LogP contribution in [0, 0.1) is 0 Å². The molecule has 57 valence electrons. The first-order valence-electron chi connectivity index (χ1n) is 2.71. The van der Waals surface area contributed by atoms with E-state index in [0.29, 0.717) is 24.1 Å². The second-order valence-electron chi connectivity index (χ2n) is 1.58. The van der Waals surface area contributed by atoms with Crippen molar-refractivity contribution in [3.05, 3.63) is 0 Å². The van der Waals surface area contributed by atoms with E-state index in [1.807, 2.05) is 0 Å². The van der Waals surface area contributed by atoms with Crippen molar-refractivity contribution < 1.29 is 14.7 Å². The Labute approximate surface area is 63.0 Å². The molecule has 0 aromatic heterocycles. The lowest BCUT2D eigenvalue weighted by Gasteiger charge is -1.96. The summed E-state index contributed by atoms with van der Waals surface area (Å²) in [6.45, 7) is 1.75. The number of rotatable bonds is 3. The lowest BCUT2D eigenvalue weighted by molar-refractivity contribution is -0.118. The standard InChI is InChI=1S/C5H8NO3S/c1-4(7)6-2-3-10-5(8)9/h2-3H2,1H3,(H,6,7). The van der Waals surface area contributed by atoms with Crippen LogP contribution in [0.2, 0.25) is 0 Å². The molecule has 1 amide bonds. The van der Waals surface area contributed by atoms with E-state index in [1.165, 1.54) is 6.92 Å². The van der Waals surface area contributed by atoms with Crippen molar-refractivity contribution in [2.45, 2.75) is 6.92 Å². The van der Waals surface area contributed by atoms with Crippen molar-refractivity contribution in [1.29, 1.82) is 0 Å². The summed E-state index contributed by atoms with van der Waals surface area (Å²) in [6, 6.07) is 0. The van der Waals surface area contributed by atoms with E-state index in [1.54, 1.807) is 0 Å². The van der Waals surface area contributed by atoms with E-state index < -0.39 is 5.30 Å². The van der Waals surface area contributed by atoms with Gasteiger partial charge < -0.3 is 5.32 Å². The minimum Gasteiger partial charge on any atom is -0.356 e. The molecule has 0 heterocycles. The fraction of sp³-hybridized carbons (Fsp3) is 0.600. The maximum atomic E-state index is 10.2. The predicted octanol–water partition coefficient (Wildman–Crippen LogP) is 0.406. The predicted molar refractivity (Wildman–Crippen MR) is 37.2 cm³/mol. The molecule has 0 saturated carbocycles. The maximum Gasteiger partial charge on any atom is 0.413 e. The summed E-state index contributed by atoms with van der Waals surface area (Å²) >= 11 is 0.664. The molecule has 0 aromatic carbocycles. The van der Waals surface area contributed by atoms with Gasteiger partial charge in [0.2, 0.25) is 5.91 Å². The Hall–Kier alpha value is -0.710. The summed E-state index contributed by atoms with van der Waals surface area (Å²) < 4.78 is 0. The SMILES string of the molecule is CC(=O)NCCSC([O])=O. The average molecular weight is 162 g/mol. The third kappa shape index (κ3) is 7.29. The van der Waals surface area contributed by atoms with Crippen molar-refractivity contribution in [3.8, 4) is 0 Å². The first kappa shape index (κ1) is 9.29. The van der Waals surface area contributed by atoms with Gasteiger partial charge in [-0.1, -0.05) is 0 Å². The zero-order valence-corrected chi connectivity index (χ0v) is 6.36. The summed E-state index contributed by atoms with van der Waals surface area (Å²) in [5.74, 6) is 0.195. The molecule has 5 heteroatoms. The Bertz CT molecular complexity index is 121. The van der Waals surface area contributed by atoms with E-state index in [2.05, 4.69) is 5.32 Å². The van der Waals surface area contributed by atoms with Gasteiger partial charge in [-0.25, -0.2) is 9.90 Å². The third-order valence-corrected chi connectivity index (χ3v) is 1.34. The van der Waals surface area contributed by atoms with Crippen LogP contribution in [0.25, 0.3) is 0 Å².